The number of nitrogens with zero attached hydrogens (tertiary/aromatic N) is 4. The fraction of sp³-hybridized carbons (Fsp3) is 0.429. The molecule has 0 spiro atoms. The van der Waals surface area contributed by atoms with Crippen LogP contribution in [0.4, 0.5) is 11.8 Å². The van der Waals surface area contributed by atoms with Gasteiger partial charge < -0.3 is 15.0 Å². The Bertz CT molecular complexity index is 1020. The highest BCUT2D eigenvalue weighted by Gasteiger charge is 2.23. The van der Waals surface area contributed by atoms with Gasteiger partial charge in [-0.2, -0.15) is 4.98 Å². The summed E-state index contributed by atoms with van der Waals surface area (Å²) in [5.41, 5.74) is 2.50. The molecule has 34 heavy (non-hydrogen) atoms. The average Bonchev–Trinajstić information content (AvgIpc) is 3.13. The maximum absolute atomic E-state index is 5.92. The molecule has 2 aliphatic rings. The van der Waals surface area contributed by atoms with E-state index >= 15 is 0 Å². The van der Waals surface area contributed by atoms with E-state index in [0.29, 0.717) is 12.6 Å². The first-order valence-corrected chi connectivity index (χ1v) is 12.6. The smallest absolute Gasteiger partial charge is 0.224 e. The van der Waals surface area contributed by atoms with Crippen LogP contribution < -0.4 is 15.0 Å². The molecular formula is C28H35N5O. The lowest BCUT2D eigenvalue weighted by Gasteiger charge is -2.22. The van der Waals surface area contributed by atoms with Gasteiger partial charge in [-0.25, -0.2) is 4.98 Å². The van der Waals surface area contributed by atoms with E-state index in [-0.39, 0.29) is 0 Å². The molecule has 0 amide bonds. The van der Waals surface area contributed by atoms with Crippen molar-refractivity contribution in [3.05, 3.63) is 78.0 Å². The Morgan fingerprint density at radius 3 is 2.44 bits per heavy atom. The molecule has 2 aliphatic heterocycles. The van der Waals surface area contributed by atoms with Gasteiger partial charge in [0.2, 0.25) is 5.95 Å². The van der Waals surface area contributed by atoms with E-state index in [1.54, 1.807) is 0 Å². The van der Waals surface area contributed by atoms with Gasteiger partial charge >= 0.3 is 0 Å². The third-order valence-corrected chi connectivity index (χ3v) is 6.75. The van der Waals surface area contributed by atoms with Crippen molar-refractivity contribution in [1.82, 2.24) is 14.9 Å². The molecule has 1 atom stereocenters. The van der Waals surface area contributed by atoms with Crippen molar-refractivity contribution < 1.29 is 4.74 Å². The van der Waals surface area contributed by atoms with Gasteiger partial charge in [0.1, 0.15) is 18.2 Å². The second-order valence-electron chi connectivity index (χ2n) is 9.42. The minimum Gasteiger partial charge on any atom is -0.489 e. The molecule has 1 N–H and O–H groups in total. The monoisotopic (exact) mass is 457 g/mol. The topological polar surface area (TPSA) is 53.5 Å². The number of rotatable bonds is 8. The van der Waals surface area contributed by atoms with E-state index in [2.05, 4.69) is 56.5 Å². The van der Waals surface area contributed by atoms with Gasteiger partial charge in [0.25, 0.3) is 0 Å². The van der Waals surface area contributed by atoms with Crippen LogP contribution in [-0.4, -0.2) is 47.1 Å². The summed E-state index contributed by atoms with van der Waals surface area (Å²) in [7, 11) is 0. The summed E-state index contributed by atoms with van der Waals surface area (Å²) in [6.45, 7) is 5.83. The third-order valence-electron chi connectivity index (χ3n) is 6.75. The van der Waals surface area contributed by atoms with Gasteiger partial charge in [-0.15, -0.1) is 0 Å². The second-order valence-corrected chi connectivity index (χ2v) is 9.42. The van der Waals surface area contributed by atoms with Crippen LogP contribution in [0.1, 0.15) is 43.2 Å². The molecule has 3 heterocycles. The number of hydrogen-bond donors (Lipinski definition) is 1. The molecule has 1 aromatic heterocycles. The summed E-state index contributed by atoms with van der Waals surface area (Å²) >= 11 is 0. The van der Waals surface area contributed by atoms with Gasteiger partial charge in [-0.05, 0) is 48.6 Å². The van der Waals surface area contributed by atoms with Gasteiger partial charge in [0, 0.05) is 45.0 Å². The van der Waals surface area contributed by atoms with E-state index in [1.807, 2.05) is 30.5 Å². The summed E-state index contributed by atoms with van der Waals surface area (Å²) < 4.78 is 5.92. The number of ether oxygens (including phenoxy) is 1. The maximum Gasteiger partial charge on any atom is 0.224 e. The highest BCUT2D eigenvalue weighted by molar-refractivity contribution is 5.43. The molecule has 2 fully saturated rings. The third kappa shape index (κ3) is 6.26. The van der Waals surface area contributed by atoms with Gasteiger partial charge in [-0.3, -0.25) is 4.90 Å². The predicted octanol–water partition coefficient (Wildman–Crippen LogP) is 5.12. The SMILES string of the molecule is c1ccc(COc2ccc(CN3CCC(Nc4nccc(N5CCCCCC5)n4)C3)cc2)cc1. The van der Waals surface area contributed by atoms with Crippen molar-refractivity contribution in [1.29, 1.82) is 0 Å². The van der Waals surface area contributed by atoms with Gasteiger partial charge in [0.05, 0.1) is 0 Å². The molecule has 6 heteroatoms. The zero-order valence-electron chi connectivity index (χ0n) is 19.9. The Morgan fingerprint density at radius 1 is 0.853 bits per heavy atom. The predicted molar refractivity (Wildman–Crippen MR) is 137 cm³/mol. The first-order chi connectivity index (χ1) is 16.8. The van der Waals surface area contributed by atoms with E-state index in [4.69, 9.17) is 9.72 Å². The Morgan fingerprint density at radius 2 is 1.65 bits per heavy atom. The van der Waals surface area contributed by atoms with Gasteiger partial charge in [-0.1, -0.05) is 55.3 Å². The number of anilines is 2. The summed E-state index contributed by atoms with van der Waals surface area (Å²) in [6, 6.07) is 21.2. The van der Waals surface area contributed by atoms with E-state index < -0.39 is 0 Å². The quantitative estimate of drug-likeness (QED) is 0.507. The van der Waals surface area contributed by atoms with Crippen LogP contribution in [0.3, 0.4) is 0 Å². The molecule has 5 rings (SSSR count). The lowest BCUT2D eigenvalue weighted by atomic mass is 10.2. The van der Waals surface area contributed by atoms with E-state index in [0.717, 1.165) is 56.7 Å². The van der Waals surface area contributed by atoms with E-state index in [9.17, 15) is 0 Å². The largest absolute Gasteiger partial charge is 0.489 e. The maximum atomic E-state index is 5.92. The van der Waals surface area contributed by atoms with Crippen LogP contribution in [0, 0.1) is 0 Å². The Balaban J connectivity index is 1.10. The van der Waals surface area contributed by atoms with Crippen LogP contribution in [0.2, 0.25) is 0 Å². The molecule has 1 unspecified atom stereocenters. The van der Waals surface area contributed by atoms with Crippen molar-refractivity contribution in [2.75, 3.05) is 36.4 Å². The molecule has 6 nitrogen and oxygen atoms in total. The number of hydrogen-bond acceptors (Lipinski definition) is 6. The average molecular weight is 458 g/mol. The fourth-order valence-corrected chi connectivity index (χ4v) is 4.86. The highest BCUT2D eigenvalue weighted by Crippen LogP contribution is 2.21. The number of benzene rings is 2. The highest BCUT2D eigenvalue weighted by atomic mass is 16.5. The lowest BCUT2D eigenvalue weighted by Crippen LogP contribution is -2.28. The minimum atomic E-state index is 0.382. The molecule has 0 bridgehead atoms. The molecule has 2 aromatic carbocycles. The zero-order chi connectivity index (χ0) is 23.0. The van der Waals surface area contributed by atoms with Crippen molar-refractivity contribution in [2.24, 2.45) is 0 Å². The van der Waals surface area contributed by atoms with E-state index in [1.165, 1.54) is 36.8 Å². The van der Waals surface area contributed by atoms with Gasteiger partial charge in [0.15, 0.2) is 0 Å². The number of likely N-dealkylation sites (tertiary alicyclic amines) is 1. The Hall–Kier alpha value is -3.12. The van der Waals surface area contributed by atoms with Crippen LogP contribution in [0.5, 0.6) is 5.75 Å². The minimum absolute atomic E-state index is 0.382. The number of aromatic nitrogens is 2. The Kier molecular flexibility index (Phi) is 7.56. The lowest BCUT2D eigenvalue weighted by molar-refractivity contribution is 0.305. The van der Waals surface area contributed by atoms with Crippen LogP contribution in [-0.2, 0) is 13.2 Å². The summed E-state index contributed by atoms with van der Waals surface area (Å²) in [4.78, 5) is 14.2. The zero-order valence-corrected chi connectivity index (χ0v) is 19.9. The summed E-state index contributed by atoms with van der Waals surface area (Å²) in [5.74, 6) is 2.73. The molecule has 2 saturated heterocycles. The van der Waals surface area contributed by atoms with Crippen LogP contribution >= 0.6 is 0 Å². The first-order valence-electron chi connectivity index (χ1n) is 12.6. The van der Waals surface area contributed by atoms with Crippen molar-refractivity contribution in [2.45, 2.75) is 51.3 Å². The second kappa shape index (κ2) is 11.3. The van der Waals surface area contributed by atoms with Crippen LogP contribution in [0.25, 0.3) is 0 Å². The molecule has 0 aliphatic carbocycles. The molecule has 178 valence electrons. The van der Waals surface area contributed by atoms with Crippen LogP contribution in [0.15, 0.2) is 66.9 Å². The standard InChI is InChI=1S/C28H35N5O/c1-2-7-18-33(17-6-1)27-14-16-29-28(31-27)30-25-15-19-32(21-25)20-23-10-12-26(13-11-23)34-22-24-8-4-3-5-9-24/h3-5,8-14,16,25H,1-2,6-7,15,17-22H2,(H,29,30,31). The van der Waals surface area contributed by atoms with Crippen molar-refractivity contribution in [3.63, 3.8) is 0 Å². The number of nitrogens with one attached hydrogen (secondary N) is 1. The molecular weight excluding hydrogens is 422 g/mol. The first kappa shape index (κ1) is 22.7. The molecule has 0 saturated carbocycles. The molecule has 3 aromatic rings. The normalized spacial score (nSPS) is 19.1. The molecule has 0 radical (unpaired) electrons. The fourth-order valence-electron chi connectivity index (χ4n) is 4.86. The summed E-state index contributed by atoms with van der Waals surface area (Å²) in [6.07, 6.45) is 8.16. The summed E-state index contributed by atoms with van der Waals surface area (Å²) in [5, 5.41) is 3.58. The van der Waals surface area contributed by atoms with Crippen molar-refractivity contribution >= 4 is 11.8 Å². The Labute approximate surface area is 203 Å². The van der Waals surface area contributed by atoms with Crippen molar-refractivity contribution in [3.8, 4) is 5.75 Å².